The summed E-state index contributed by atoms with van der Waals surface area (Å²) in [4.78, 5) is 77.1. The lowest BCUT2D eigenvalue weighted by Crippen LogP contribution is -2.38. The molecule has 6 heterocycles. The third-order valence-corrected chi connectivity index (χ3v) is 14.5. The number of imidazole rings is 2. The number of nitrogens with two attached hydrogens (primary N) is 2. The zero-order valence-electron chi connectivity index (χ0n) is 30.2. The molecule has 2 aliphatic rings. The molecule has 34 heteroatoms. The monoisotopic (exact) mass is 940 g/mol. The van der Waals surface area contributed by atoms with Crippen molar-refractivity contribution < 1.29 is 94.1 Å². The molecule has 0 spiro atoms. The predicted molar refractivity (Wildman–Crippen MR) is 195 cm³/mol. The molecule has 0 saturated carbocycles. The summed E-state index contributed by atoms with van der Waals surface area (Å²) in [5.41, 5.74) is 11.9. The first-order valence-electron chi connectivity index (χ1n) is 16.9. The largest absolute Gasteiger partial charge is 0.490 e. The number of nitrogen functional groups attached to an aromatic ring is 2. The van der Waals surface area contributed by atoms with Crippen LogP contribution in [0.1, 0.15) is 22.8 Å². The SMILES string of the molecule is Nc1ncnc2c1ncn2[C@@H]1O[C@H](COP(=O)(O)OP(=O)(O)OP(=O)(O)OP(=O)(O)OC[C@H]2O[C@H](n3cnc4c(N)ncnc43)[C@@H](O)[C@H]2O)[C@@H](OC(=O)c2ccccc2)[C@H]1O. The fourth-order valence-electron chi connectivity index (χ4n) is 6.01. The van der Waals surface area contributed by atoms with E-state index in [1.54, 1.807) is 6.07 Å². The van der Waals surface area contributed by atoms with E-state index in [1.807, 2.05) is 0 Å². The molecular weight excluding hydrogens is 908 g/mol. The van der Waals surface area contributed by atoms with Crippen molar-refractivity contribution in [1.29, 1.82) is 0 Å². The average Bonchev–Trinajstić information content (AvgIpc) is 3.94. The van der Waals surface area contributed by atoms with Gasteiger partial charge in [0.2, 0.25) is 0 Å². The van der Waals surface area contributed by atoms with E-state index < -0.39 is 99.6 Å². The van der Waals surface area contributed by atoms with Gasteiger partial charge in [-0.05, 0) is 12.1 Å². The number of hydrogen-bond acceptors (Lipinski definition) is 24. The molecule has 11 N–H and O–H groups in total. The summed E-state index contributed by atoms with van der Waals surface area (Å²) in [5.74, 6) is -1.05. The molecule has 2 saturated heterocycles. The van der Waals surface area contributed by atoms with E-state index in [2.05, 4.69) is 47.4 Å². The van der Waals surface area contributed by atoms with Gasteiger partial charge in [0.15, 0.2) is 41.5 Å². The van der Waals surface area contributed by atoms with Gasteiger partial charge in [0.05, 0.1) is 31.4 Å². The Morgan fingerprint density at radius 1 is 0.639 bits per heavy atom. The number of aliphatic hydroxyl groups is 3. The molecular formula is C27H32N10O20P4. The number of nitrogens with zero attached hydrogens (tertiary/aromatic N) is 8. The Hall–Kier alpha value is -4.25. The Kier molecular flexibility index (Phi) is 12.6. The van der Waals surface area contributed by atoms with Gasteiger partial charge in [0.25, 0.3) is 0 Å². The number of phosphoric acid groups is 4. The fraction of sp³-hybridized carbons (Fsp3) is 0.370. The maximum absolute atomic E-state index is 13.0. The van der Waals surface area contributed by atoms with Gasteiger partial charge in [-0.25, -0.2) is 53.0 Å². The number of hydrogen-bond donors (Lipinski definition) is 9. The summed E-state index contributed by atoms with van der Waals surface area (Å²) in [7, 11) is -24.2. The molecule has 0 amide bonds. The van der Waals surface area contributed by atoms with Crippen molar-refractivity contribution in [2.75, 3.05) is 24.7 Å². The fourth-order valence-corrected chi connectivity index (χ4v) is 11.0. The molecule has 5 aromatic rings. The Morgan fingerprint density at radius 2 is 1.10 bits per heavy atom. The minimum atomic E-state index is -6.28. The quantitative estimate of drug-likeness (QED) is 0.0441. The maximum Gasteiger partial charge on any atom is 0.490 e. The standard InChI is InChI=1S/C27H32N10O20P4/c28-21-15-23(32-8-30-21)36(10-34-15)25-18(39)17(38)13(52-25)6-50-58(42,43)55-60(46,47)57-61(48,49)56-59(44,45)51-7-14-20(54-27(41)12-4-2-1-3-5-12)19(40)26(53-14)37-11-35-16-22(29)31-9-33-24(16)37/h1-5,8-11,13-14,17-20,25-26,38-40H,6-7H2,(H,42,43)(H,44,45)(H,46,47)(H,48,49)(H2,28,30,32)(H2,29,31,33)/t13-,14-,17+,18+,19-,20-,25+,26-/m1/s1. The van der Waals surface area contributed by atoms with Gasteiger partial charge in [0.1, 0.15) is 54.2 Å². The van der Waals surface area contributed by atoms with Gasteiger partial charge < -0.3 is 60.6 Å². The van der Waals surface area contributed by atoms with Crippen LogP contribution < -0.4 is 11.5 Å². The minimum absolute atomic E-state index is 0.0213. The zero-order valence-corrected chi connectivity index (χ0v) is 33.8. The van der Waals surface area contributed by atoms with Gasteiger partial charge in [-0.2, -0.15) is 12.9 Å². The second-order valence-electron chi connectivity index (χ2n) is 12.7. The lowest BCUT2D eigenvalue weighted by Gasteiger charge is -2.22. The molecule has 2 fully saturated rings. The average molecular weight is 940 g/mol. The summed E-state index contributed by atoms with van der Waals surface area (Å²) < 4.78 is 90.8. The molecule has 7 rings (SSSR count). The van der Waals surface area contributed by atoms with Crippen molar-refractivity contribution in [3.63, 3.8) is 0 Å². The van der Waals surface area contributed by atoms with Crippen molar-refractivity contribution in [3.8, 4) is 0 Å². The maximum atomic E-state index is 13.0. The molecule has 61 heavy (non-hydrogen) atoms. The Labute approximate surface area is 339 Å². The number of aromatic nitrogens is 8. The first kappa shape index (κ1) is 44.8. The summed E-state index contributed by atoms with van der Waals surface area (Å²) in [5, 5.41) is 32.3. The van der Waals surface area contributed by atoms with Crippen LogP contribution in [0.3, 0.4) is 0 Å². The predicted octanol–water partition coefficient (Wildman–Crippen LogP) is -0.582. The van der Waals surface area contributed by atoms with E-state index in [1.165, 1.54) is 28.8 Å². The molecule has 2 aliphatic heterocycles. The summed E-state index contributed by atoms with van der Waals surface area (Å²) in [6, 6.07) is 7.39. The van der Waals surface area contributed by atoms with Crippen LogP contribution in [-0.2, 0) is 54.5 Å². The molecule has 0 bridgehead atoms. The topological polar surface area (TPSA) is 440 Å². The number of rotatable bonds is 16. The molecule has 0 radical (unpaired) electrons. The van der Waals surface area contributed by atoms with E-state index in [0.29, 0.717) is 0 Å². The van der Waals surface area contributed by atoms with E-state index in [0.717, 1.165) is 29.9 Å². The van der Waals surface area contributed by atoms with Crippen LogP contribution in [0.25, 0.3) is 22.3 Å². The van der Waals surface area contributed by atoms with Gasteiger partial charge in [-0.15, -0.1) is 0 Å². The first-order chi connectivity index (χ1) is 28.6. The molecule has 0 aliphatic carbocycles. The molecule has 4 aromatic heterocycles. The Bertz CT molecular complexity index is 2620. The normalized spacial score (nSPS) is 28.2. The van der Waals surface area contributed by atoms with Gasteiger partial charge in [-0.3, -0.25) is 18.2 Å². The minimum Gasteiger partial charge on any atom is -0.453 e. The second kappa shape index (κ2) is 17.1. The van der Waals surface area contributed by atoms with Gasteiger partial charge >= 0.3 is 37.3 Å². The molecule has 4 unspecified atom stereocenters. The van der Waals surface area contributed by atoms with Crippen LogP contribution >= 0.6 is 31.3 Å². The number of aliphatic hydroxyl groups excluding tert-OH is 3. The number of phosphoric ester groups is 2. The van der Waals surface area contributed by atoms with Crippen LogP contribution in [0, 0.1) is 0 Å². The first-order valence-corrected chi connectivity index (χ1v) is 22.8. The smallest absolute Gasteiger partial charge is 0.453 e. The van der Waals surface area contributed by atoms with Crippen LogP contribution in [0.5, 0.6) is 0 Å². The molecule has 1 aromatic carbocycles. The number of fused-ring (bicyclic) bond motifs is 2. The van der Waals surface area contributed by atoms with Crippen molar-refractivity contribution in [2.24, 2.45) is 0 Å². The van der Waals surface area contributed by atoms with Crippen molar-refractivity contribution in [2.45, 2.75) is 49.1 Å². The van der Waals surface area contributed by atoms with Crippen LogP contribution in [-0.4, -0.2) is 130 Å². The Morgan fingerprint density at radius 3 is 1.62 bits per heavy atom. The molecule has 12 atom stereocenters. The van der Waals surface area contributed by atoms with Crippen molar-refractivity contribution >= 4 is 71.2 Å². The van der Waals surface area contributed by atoms with E-state index in [9.17, 15) is 57.9 Å². The third kappa shape index (κ3) is 9.87. The van der Waals surface area contributed by atoms with Gasteiger partial charge in [0, 0.05) is 0 Å². The summed E-state index contributed by atoms with van der Waals surface area (Å²) >= 11 is 0. The highest BCUT2D eigenvalue weighted by molar-refractivity contribution is 7.69. The van der Waals surface area contributed by atoms with E-state index in [-0.39, 0.29) is 39.5 Å². The number of benzene rings is 1. The summed E-state index contributed by atoms with van der Waals surface area (Å²) in [6.07, 6.45) is -8.74. The number of ether oxygens (including phenoxy) is 3. The number of carbonyl (C=O) groups is 1. The highest BCUT2D eigenvalue weighted by atomic mass is 31.3. The van der Waals surface area contributed by atoms with Crippen LogP contribution in [0.15, 0.2) is 55.6 Å². The number of anilines is 2. The van der Waals surface area contributed by atoms with E-state index >= 15 is 0 Å². The second-order valence-corrected chi connectivity index (χ2v) is 18.9. The zero-order chi connectivity index (χ0) is 44.1. The van der Waals surface area contributed by atoms with Crippen molar-refractivity contribution in [1.82, 2.24) is 39.0 Å². The lowest BCUT2D eigenvalue weighted by atomic mass is 10.1. The highest BCUT2D eigenvalue weighted by Gasteiger charge is 2.51. The number of carbonyl (C=O) groups excluding carboxylic acids is 1. The third-order valence-electron chi connectivity index (χ3n) is 8.64. The lowest BCUT2D eigenvalue weighted by molar-refractivity contribution is -0.0520. The molecule has 330 valence electrons. The molecule has 30 nitrogen and oxygen atoms in total. The van der Waals surface area contributed by atoms with E-state index in [4.69, 9.17) is 30.2 Å². The van der Waals surface area contributed by atoms with Crippen LogP contribution in [0.2, 0.25) is 0 Å². The number of esters is 1. The van der Waals surface area contributed by atoms with Gasteiger partial charge in [-0.1, -0.05) is 18.2 Å². The van der Waals surface area contributed by atoms with Crippen LogP contribution in [0.4, 0.5) is 11.6 Å². The summed E-state index contributed by atoms with van der Waals surface area (Å²) in [6.45, 7) is -2.28. The highest BCUT2D eigenvalue weighted by Crippen LogP contribution is 2.71. The van der Waals surface area contributed by atoms with Crippen molar-refractivity contribution in [3.05, 3.63) is 61.2 Å². The Balaban J connectivity index is 0.969.